The molecule has 4 N–H and O–H groups in total. The summed E-state index contributed by atoms with van der Waals surface area (Å²) in [6.45, 7) is 0. The molecule has 0 unspecified atom stereocenters. The van der Waals surface area contributed by atoms with E-state index in [9.17, 15) is 0 Å². The summed E-state index contributed by atoms with van der Waals surface area (Å²) in [5, 5.41) is 0. The van der Waals surface area contributed by atoms with Gasteiger partial charge in [0.15, 0.2) is 0 Å². The van der Waals surface area contributed by atoms with Crippen molar-refractivity contribution in [1.82, 2.24) is 4.98 Å². The first kappa shape index (κ1) is 15.8. The highest BCUT2D eigenvalue weighted by atomic mass is 35.5. The SMILES string of the molecule is Cl.O.O.c1ccncc1. The Labute approximate surface area is 59.8 Å². The maximum atomic E-state index is 3.78. The number of hydrogen-bond acceptors (Lipinski definition) is 1. The van der Waals surface area contributed by atoms with Crippen LogP contribution in [0.1, 0.15) is 0 Å². The third-order valence-electron chi connectivity index (χ3n) is 0.566. The van der Waals surface area contributed by atoms with Crippen LogP contribution in [0.4, 0.5) is 0 Å². The molecule has 0 atom stereocenters. The van der Waals surface area contributed by atoms with Gasteiger partial charge in [-0.25, -0.2) is 0 Å². The largest absolute Gasteiger partial charge is 0.412 e. The molecule has 0 aromatic carbocycles. The fraction of sp³-hybridized carbons (Fsp3) is 0. The highest BCUT2D eigenvalue weighted by Gasteiger charge is 1.58. The van der Waals surface area contributed by atoms with Crippen LogP contribution in [0.5, 0.6) is 0 Å². The first-order valence-electron chi connectivity index (χ1n) is 1.85. The van der Waals surface area contributed by atoms with Crippen LogP contribution in [0, 0.1) is 0 Å². The second-order valence-electron chi connectivity index (χ2n) is 1.02. The Balaban J connectivity index is -0.000000120. The molecule has 3 nitrogen and oxygen atoms in total. The summed E-state index contributed by atoms with van der Waals surface area (Å²) in [5.41, 5.74) is 0. The van der Waals surface area contributed by atoms with Crippen LogP contribution in [-0.2, 0) is 0 Å². The van der Waals surface area contributed by atoms with E-state index in [-0.39, 0.29) is 23.4 Å². The van der Waals surface area contributed by atoms with Gasteiger partial charge in [0, 0.05) is 12.4 Å². The average molecular weight is 152 g/mol. The van der Waals surface area contributed by atoms with Gasteiger partial charge in [-0.3, -0.25) is 4.98 Å². The summed E-state index contributed by atoms with van der Waals surface area (Å²) in [6, 6.07) is 5.72. The molecule has 0 fully saturated rings. The third-order valence-corrected chi connectivity index (χ3v) is 0.566. The monoisotopic (exact) mass is 151 g/mol. The predicted octanol–water partition coefficient (Wildman–Crippen LogP) is -0.146. The molecule has 0 saturated heterocycles. The second-order valence-corrected chi connectivity index (χ2v) is 1.02. The number of hydrogen-bond donors (Lipinski definition) is 0. The van der Waals surface area contributed by atoms with E-state index in [1.807, 2.05) is 18.2 Å². The zero-order chi connectivity index (χ0) is 4.24. The Morgan fingerprint density at radius 3 is 1.33 bits per heavy atom. The van der Waals surface area contributed by atoms with Gasteiger partial charge >= 0.3 is 0 Å². The summed E-state index contributed by atoms with van der Waals surface area (Å²) < 4.78 is 0. The molecule has 0 aliphatic rings. The molecule has 0 radical (unpaired) electrons. The van der Waals surface area contributed by atoms with Crippen molar-refractivity contribution in [1.29, 1.82) is 0 Å². The van der Waals surface area contributed by atoms with E-state index in [0.29, 0.717) is 0 Å². The van der Waals surface area contributed by atoms with Gasteiger partial charge in [0.25, 0.3) is 0 Å². The quantitative estimate of drug-likeness (QED) is 0.508. The molecular weight excluding hydrogens is 142 g/mol. The van der Waals surface area contributed by atoms with Gasteiger partial charge in [0.05, 0.1) is 0 Å². The van der Waals surface area contributed by atoms with Crippen LogP contribution in [0.15, 0.2) is 30.6 Å². The van der Waals surface area contributed by atoms with E-state index in [0.717, 1.165) is 0 Å². The van der Waals surface area contributed by atoms with Crippen LogP contribution in [-0.4, -0.2) is 15.9 Å². The molecule has 9 heavy (non-hydrogen) atoms. The molecule has 1 aromatic rings. The molecule has 0 spiro atoms. The lowest BCUT2D eigenvalue weighted by molar-refractivity contribution is 0.823. The molecule has 4 heteroatoms. The molecule has 0 bridgehead atoms. The Morgan fingerprint density at radius 1 is 0.778 bits per heavy atom. The first-order chi connectivity index (χ1) is 3.00. The van der Waals surface area contributed by atoms with Crippen LogP contribution in [0.3, 0.4) is 0 Å². The molecule has 1 heterocycles. The van der Waals surface area contributed by atoms with Crippen molar-refractivity contribution in [3.8, 4) is 0 Å². The van der Waals surface area contributed by atoms with Crippen molar-refractivity contribution in [2.24, 2.45) is 0 Å². The lowest BCUT2D eigenvalue weighted by Gasteiger charge is -1.70. The number of halogens is 1. The molecule has 1 rings (SSSR count). The predicted molar refractivity (Wildman–Crippen MR) is 38.7 cm³/mol. The molecular formula is C5H10ClNO2. The van der Waals surface area contributed by atoms with E-state index in [1.165, 1.54) is 0 Å². The molecule has 0 amide bonds. The van der Waals surface area contributed by atoms with Gasteiger partial charge in [0.1, 0.15) is 0 Å². The average Bonchev–Trinajstić information content (AvgIpc) is 1.72. The smallest absolute Gasteiger partial charge is 0.0267 e. The summed E-state index contributed by atoms with van der Waals surface area (Å²) >= 11 is 0. The maximum absolute atomic E-state index is 3.78. The zero-order valence-electron chi connectivity index (χ0n) is 4.74. The number of nitrogens with zero attached hydrogens (tertiary/aromatic N) is 1. The summed E-state index contributed by atoms with van der Waals surface area (Å²) in [7, 11) is 0. The summed E-state index contributed by atoms with van der Waals surface area (Å²) in [4.78, 5) is 3.78. The summed E-state index contributed by atoms with van der Waals surface area (Å²) in [5.74, 6) is 0. The number of rotatable bonds is 0. The Morgan fingerprint density at radius 2 is 1.22 bits per heavy atom. The molecule has 0 saturated carbocycles. The fourth-order valence-electron chi connectivity index (χ4n) is 0.313. The minimum atomic E-state index is 0. The Kier molecular flexibility index (Phi) is 18.1. The Hall–Kier alpha value is -0.640. The van der Waals surface area contributed by atoms with Gasteiger partial charge in [-0.2, -0.15) is 0 Å². The Bertz CT molecular complexity index is 86.9. The second kappa shape index (κ2) is 10.4. The maximum Gasteiger partial charge on any atom is 0.0267 e. The van der Waals surface area contributed by atoms with Gasteiger partial charge in [-0.15, -0.1) is 12.4 Å². The van der Waals surface area contributed by atoms with Gasteiger partial charge < -0.3 is 11.0 Å². The molecule has 1 aromatic heterocycles. The van der Waals surface area contributed by atoms with Gasteiger partial charge in [-0.1, -0.05) is 6.07 Å². The summed E-state index contributed by atoms with van der Waals surface area (Å²) in [6.07, 6.45) is 3.50. The van der Waals surface area contributed by atoms with Crippen molar-refractivity contribution < 1.29 is 11.0 Å². The fourth-order valence-corrected chi connectivity index (χ4v) is 0.313. The van der Waals surface area contributed by atoms with E-state index >= 15 is 0 Å². The number of aromatic nitrogens is 1. The van der Waals surface area contributed by atoms with E-state index in [2.05, 4.69) is 4.98 Å². The van der Waals surface area contributed by atoms with E-state index in [1.54, 1.807) is 12.4 Å². The normalized spacial score (nSPS) is 5.33. The zero-order valence-corrected chi connectivity index (χ0v) is 5.56. The highest BCUT2D eigenvalue weighted by Crippen LogP contribution is 1.73. The van der Waals surface area contributed by atoms with Crippen LogP contribution in [0.2, 0.25) is 0 Å². The molecule has 0 aliphatic carbocycles. The van der Waals surface area contributed by atoms with Crippen molar-refractivity contribution in [2.45, 2.75) is 0 Å². The molecule has 54 valence electrons. The first-order valence-corrected chi connectivity index (χ1v) is 1.85. The van der Waals surface area contributed by atoms with Crippen molar-refractivity contribution in [3.05, 3.63) is 30.6 Å². The number of pyridine rings is 1. The molecule has 0 aliphatic heterocycles. The minimum Gasteiger partial charge on any atom is -0.412 e. The van der Waals surface area contributed by atoms with Crippen molar-refractivity contribution >= 4 is 12.4 Å². The third kappa shape index (κ3) is 7.36. The lowest BCUT2D eigenvalue weighted by Crippen LogP contribution is -1.58. The lowest BCUT2D eigenvalue weighted by atomic mass is 10.5. The van der Waals surface area contributed by atoms with Crippen molar-refractivity contribution in [2.75, 3.05) is 0 Å². The van der Waals surface area contributed by atoms with Crippen LogP contribution < -0.4 is 0 Å². The van der Waals surface area contributed by atoms with E-state index in [4.69, 9.17) is 0 Å². The topological polar surface area (TPSA) is 75.9 Å². The van der Waals surface area contributed by atoms with Gasteiger partial charge in [-0.05, 0) is 12.1 Å². The van der Waals surface area contributed by atoms with Gasteiger partial charge in [0.2, 0.25) is 0 Å². The van der Waals surface area contributed by atoms with Crippen LogP contribution >= 0.6 is 12.4 Å². The highest BCUT2D eigenvalue weighted by molar-refractivity contribution is 5.85. The minimum absolute atomic E-state index is 0. The van der Waals surface area contributed by atoms with Crippen molar-refractivity contribution in [3.63, 3.8) is 0 Å². The van der Waals surface area contributed by atoms with E-state index < -0.39 is 0 Å². The standard InChI is InChI=1S/C5H5N.ClH.2H2O/c1-2-4-6-5-3-1;;;/h1-5H;1H;2*1H2. The van der Waals surface area contributed by atoms with Crippen LogP contribution in [0.25, 0.3) is 0 Å².